The van der Waals surface area contributed by atoms with E-state index in [4.69, 9.17) is 29.0 Å². The van der Waals surface area contributed by atoms with Crippen LogP contribution in [0.25, 0.3) is 0 Å². The molecule has 0 spiro atoms. The van der Waals surface area contributed by atoms with E-state index < -0.39 is 0 Å². The summed E-state index contributed by atoms with van der Waals surface area (Å²) in [6.07, 6.45) is 2.74. The molecular formula is C17H20Cl2N2. The lowest BCUT2D eigenvalue weighted by atomic mass is 9.99. The van der Waals surface area contributed by atoms with Crippen LogP contribution in [-0.4, -0.2) is 6.04 Å². The first-order valence-corrected chi connectivity index (χ1v) is 7.79. The molecule has 0 fully saturated rings. The van der Waals surface area contributed by atoms with Gasteiger partial charge in [-0.2, -0.15) is 0 Å². The number of nitrogens with two attached hydrogens (primary N) is 1. The van der Waals surface area contributed by atoms with Crippen LogP contribution >= 0.6 is 23.2 Å². The summed E-state index contributed by atoms with van der Waals surface area (Å²) in [7, 11) is 0. The van der Waals surface area contributed by atoms with E-state index in [2.05, 4.69) is 36.6 Å². The summed E-state index contributed by atoms with van der Waals surface area (Å²) >= 11 is 12.1. The zero-order valence-corrected chi connectivity index (χ0v) is 13.6. The van der Waals surface area contributed by atoms with Crippen LogP contribution in [0.15, 0.2) is 42.5 Å². The van der Waals surface area contributed by atoms with Crippen molar-refractivity contribution in [3.8, 4) is 0 Å². The molecule has 112 valence electrons. The standard InChI is InChI=1S/C17H20Cl2N2/c1-12-3-2-4-13(9-12)5-8-16(21-20)10-14-6-7-15(18)11-17(14)19/h2-4,6-7,9,11,16,21H,5,8,10,20H2,1H3. The fourth-order valence-corrected chi connectivity index (χ4v) is 2.89. The maximum Gasteiger partial charge on any atom is 0.0453 e. The monoisotopic (exact) mass is 322 g/mol. The number of rotatable bonds is 6. The SMILES string of the molecule is Cc1cccc(CCC(Cc2ccc(Cl)cc2Cl)NN)c1. The van der Waals surface area contributed by atoms with Crippen LogP contribution < -0.4 is 11.3 Å². The summed E-state index contributed by atoms with van der Waals surface area (Å²) in [4.78, 5) is 0. The topological polar surface area (TPSA) is 38.0 Å². The van der Waals surface area contributed by atoms with Gasteiger partial charge in [0.1, 0.15) is 0 Å². The molecule has 2 aromatic rings. The van der Waals surface area contributed by atoms with Crippen molar-refractivity contribution in [2.45, 2.75) is 32.2 Å². The lowest BCUT2D eigenvalue weighted by Gasteiger charge is -2.17. The van der Waals surface area contributed by atoms with Gasteiger partial charge in [-0.15, -0.1) is 0 Å². The number of benzene rings is 2. The Hall–Kier alpha value is -1.06. The Morgan fingerprint density at radius 1 is 1.14 bits per heavy atom. The minimum atomic E-state index is 0.184. The summed E-state index contributed by atoms with van der Waals surface area (Å²) < 4.78 is 0. The average Bonchev–Trinajstić information content (AvgIpc) is 2.45. The maximum atomic E-state index is 6.22. The fourth-order valence-electron chi connectivity index (χ4n) is 2.41. The first kappa shape index (κ1) is 16.3. The first-order chi connectivity index (χ1) is 10.1. The van der Waals surface area contributed by atoms with Gasteiger partial charge in [0.25, 0.3) is 0 Å². The molecule has 2 rings (SSSR count). The van der Waals surface area contributed by atoms with Gasteiger partial charge in [0.2, 0.25) is 0 Å². The van der Waals surface area contributed by atoms with Crippen LogP contribution in [0.3, 0.4) is 0 Å². The number of nitrogens with one attached hydrogen (secondary N) is 1. The Morgan fingerprint density at radius 2 is 1.95 bits per heavy atom. The fraction of sp³-hybridized carbons (Fsp3) is 0.294. The molecule has 0 saturated carbocycles. The van der Waals surface area contributed by atoms with E-state index in [0.717, 1.165) is 24.8 Å². The van der Waals surface area contributed by atoms with Crippen LogP contribution in [0.4, 0.5) is 0 Å². The van der Waals surface area contributed by atoms with Crippen molar-refractivity contribution in [1.82, 2.24) is 5.43 Å². The van der Waals surface area contributed by atoms with E-state index in [1.54, 1.807) is 6.07 Å². The molecule has 0 aliphatic rings. The van der Waals surface area contributed by atoms with Crippen LogP contribution in [0.1, 0.15) is 23.1 Å². The second-order valence-corrected chi connectivity index (χ2v) is 6.17. The first-order valence-electron chi connectivity index (χ1n) is 7.04. The van der Waals surface area contributed by atoms with Crippen LogP contribution in [0.2, 0.25) is 10.0 Å². The Labute approximate surface area is 136 Å². The molecule has 3 N–H and O–H groups in total. The van der Waals surface area contributed by atoms with Gasteiger partial charge in [0, 0.05) is 16.1 Å². The predicted molar refractivity (Wildman–Crippen MR) is 90.8 cm³/mol. The summed E-state index contributed by atoms with van der Waals surface area (Å²) in [5.74, 6) is 5.68. The zero-order chi connectivity index (χ0) is 15.2. The normalized spacial score (nSPS) is 12.4. The smallest absolute Gasteiger partial charge is 0.0453 e. The van der Waals surface area contributed by atoms with E-state index in [0.29, 0.717) is 10.0 Å². The van der Waals surface area contributed by atoms with Crippen molar-refractivity contribution in [3.05, 3.63) is 69.2 Å². The molecular weight excluding hydrogens is 303 g/mol. The average molecular weight is 323 g/mol. The molecule has 1 unspecified atom stereocenters. The highest BCUT2D eigenvalue weighted by Crippen LogP contribution is 2.23. The third-order valence-corrected chi connectivity index (χ3v) is 4.17. The number of hydrogen-bond acceptors (Lipinski definition) is 2. The molecule has 0 aromatic heterocycles. The van der Waals surface area contributed by atoms with Gasteiger partial charge in [0.05, 0.1) is 0 Å². The lowest BCUT2D eigenvalue weighted by molar-refractivity contribution is 0.491. The Bertz CT molecular complexity index is 599. The molecule has 4 heteroatoms. The van der Waals surface area contributed by atoms with Gasteiger partial charge >= 0.3 is 0 Å². The summed E-state index contributed by atoms with van der Waals surface area (Å²) in [5.41, 5.74) is 6.56. The lowest BCUT2D eigenvalue weighted by Crippen LogP contribution is -2.37. The van der Waals surface area contributed by atoms with Crippen LogP contribution in [0, 0.1) is 6.92 Å². The highest BCUT2D eigenvalue weighted by Gasteiger charge is 2.11. The zero-order valence-electron chi connectivity index (χ0n) is 12.1. The highest BCUT2D eigenvalue weighted by molar-refractivity contribution is 6.35. The van der Waals surface area contributed by atoms with Crippen molar-refractivity contribution in [3.63, 3.8) is 0 Å². The highest BCUT2D eigenvalue weighted by atomic mass is 35.5. The van der Waals surface area contributed by atoms with Crippen molar-refractivity contribution in [2.24, 2.45) is 5.84 Å². The minimum Gasteiger partial charge on any atom is -0.271 e. The van der Waals surface area contributed by atoms with Crippen molar-refractivity contribution >= 4 is 23.2 Å². The number of hydrogen-bond donors (Lipinski definition) is 2. The quantitative estimate of drug-likeness (QED) is 0.614. The Kier molecular flexibility index (Phi) is 6.07. The number of aryl methyl sites for hydroxylation is 2. The maximum absolute atomic E-state index is 6.22. The second-order valence-electron chi connectivity index (χ2n) is 5.33. The van der Waals surface area contributed by atoms with E-state index in [1.165, 1.54) is 11.1 Å². The van der Waals surface area contributed by atoms with Crippen molar-refractivity contribution < 1.29 is 0 Å². The van der Waals surface area contributed by atoms with Gasteiger partial charge in [-0.3, -0.25) is 11.3 Å². The van der Waals surface area contributed by atoms with Crippen LogP contribution in [-0.2, 0) is 12.8 Å². The van der Waals surface area contributed by atoms with Gasteiger partial charge < -0.3 is 0 Å². The van der Waals surface area contributed by atoms with E-state index in [9.17, 15) is 0 Å². The third-order valence-electron chi connectivity index (χ3n) is 3.58. The molecule has 2 aromatic carbocycles. The molecule has 21 heavy (non-hydrogen) atoms. The molecule has 0 amide bonds. The molecule has 1 atom stereocenters. The van der Waals surface area contributed by atoms with E-state index in [1.807, 2.05) is 12.1 Å². The molecule has 0 aliphatic carbocycles. The second kappa shape index (κ2) is 7.81. The molecule has 0 radical (unpaired) electrons. The summed E-state index contributed by atoms with van der Waals surface area (Å²) in [6.45, 7) is 2.11. The minimum absolute atomic E-state index is 0.184. The molecule has 0 heterocycles. The third kappa shape index (κ3) is 5.01. The summed E-state index contributed by atoms with van der Waals surface area (Å²) in [6, 6.07) is 14.3. The van der Waals surface area contributed by atoms with E-state index >= 15 is 0 Å². The molecule has 2 nitrogen and oxygen atoms in total. The number of hydrazine groups is 1. The Morgan fingerprint density at radius 3 is 2.62 bits per heavy atom. The Balaban J connectivity index is 1.97. The van der Waals surface area contributed by atoms with Gasteiger partial charge in [-0.05, 0) is 49.4 Å². The molecule has 0 aliphatic heterocycles. The molecule has 0 bridgehead atoms. The van der Waals surface area contributed by atoms with Crippen molar-refractivity contribution in [2.75, 3.05) is 0 Å². The number of halogens is 2. The summed E-state index contributed by atoms with van der Waals surface area (Å²) in [5, 5.41) is 1.35. The van der Waals surface area contributed by atoms with Gasteiger partial charge in [-0.1, -0.05) is 59.1 Å². The van der Waals surface area contributed by atoms with E-state index in [-0.39, 0.29) is 6.04 Å². The van der Waals surface area contributed by atoms with Crippen LogP contribution in [0.5, 0.6) is 0 Å². The van der Waals surface area contributed by atoms with Gasteiger partial charge in [0.15, 0.2) is 0 Å². The van der Waals surface area contributed by atoms with Crippen molar-refractivity contribution in [1.29, 1.82) is 0 Å². The predicted octanol–water partition coefficient (Wildman–Crippen LogP) is 4.31. The molecule has 0 saturated heterocycles. The largest absolute Gasteiger partial charge is 0.271 e. The van der Waals surface area contributed by atoms with Gasteiger partial charge in [-0.25, -0.2) is 0 Å².